The number of halogens is 3. The molecule has 1 N–H and O–H groups in total. The van der Waals surface area contributed by atoms with Gasteiger partial charge < -0.3 is 9.15 Å². The first-order chi connectivity index (χ1) is 15.3. The summed E-state index contributed by atoms with van der Waals surface area (Å²) in [4.78, 5) is 11.9. The van der Waals surface area contributed by atoms with Gasteiger partial charge in [0.25, 0.3) is 5.91 Å². The Morgan fingerprint density at radius 2 is 1.91 bits per heavy atom. The van der Waals surface area contributed by atoms with Crippen molar-refractivity contribution in [2.24, 2.45) is 5.10 Å². The van der Waals surface area contributed by atoms with Crippen LogP contribution < -0.4 is 10.2 Å². The molecule has 8 heteroatoms. The quantitative estimate of drug-likeness (QED) is 0.342. The van der Waals surface area contributed by atoms with Crippen LogP contribution in [-0.2, 0) is 11.0 Å². The Bertz CT molecular complexity index is 1070. The lowest BCUT2D eigenvalue weighted by Gasteiger charge is -2.10. The summed E-state index contributed by atoms with van der Waals surface area (Å²) in [7, 11) is 0. The van der Waals surface area contributed by atoms with E-state index in [1.807, 2.05) is 24.3 Å². The first kappa shape index (κ1) is 23.1. The number of nitrogens with zero attached hydrogens (tertiary/aromatic N) is 1. The van der Waals surface area contributed by atoms with Crippen LogP contribution in [0, 0.1) is 0 Å². The van der Waals surface area contributed by atoms with Crippen molar-refractivity contribution in [3.05, 3.63) is 77.6 Å². The molecule has 168 valence electrons. The highest BCUT2D eigenvalue weighted by Gasteiger charge is 2.30. The molecule has 0 saturated carbocycles. The summed E-state index contributed by atoms with van der Waals surface area (Å²) in [6.07, 6.45) is -2.14. The molecule has 3 rings (SSSR count). The van der Waals surface area contributed by atoms with Gasteiger partial charge in [0.15, 0.2) is 6.61 Å². The van der Waals surface area contributed by atoms with E-state index >= 15 is 0 Å². The molecule has 0 unspecified atom stereocenters. The van der Waals surface area contributed by atoms with E-state index in [1.165, 1.54) is 30.0 Å². The van der Waals surface area contributed by atoms with Crippen LogP contribution in [0.15, 0.2) is 70.2 Å². The number of amides is 1. The highest BCUT2D eigenvalue weighted by Crippen LogP contribution is 2.32. The van der Waals surface area contributed by atoms with Crippen LogP contribution in [0.2, 0.25) is 0 Å². The zero-order valence-electron chi connectivity index (χ0n) is 17.6. The summed E-state index contributed by atoms with van der Waals surface area (Å²) in [6, 6.07) is 15.5. The molecule has 1 heterocycles. The molecule has 1 atom stereocenters. The van der Waals surface area contributed by atoms with Gasteiger partial charge >= 0.3 is 6.18 Å². The van der Waals surface area contributed by atoms with Crippen LogP contribution in [0.25, 0.3) is 11.3 Å². The Balaban J connectivity index is 1.51. The Morgan fingerprint density at radius 1 is 1.16 bits per heavy atom. The third-order valence-electron chi connectivity index (χ3n) is 4.91. The summed E-state index contributed by atoms with van der Waals surface area (Å²) in [6.45, 7) is 4.05. The first-order valence-corrected chi connectivity index (χ1v) is 10.1. The van der Waals surface area contributed by atoms with Gasteiger partial charge in [-0.1, -0.05) is 38.1 Å². The average Bonchev–Trinajstić information content (AvgIpc) is 3.26. The molecule has 3 aromatic rings. The van der Waals surface area contributed by atoms with Crippen LogP contribution in [0.1, 0.15) is 43.1 Å². The Kier molecular flexibility index (Phi) is 7.35. The van der Waals surface area contributed by atoms with Crippen molar-refractivity contribution >= 4 is 12.1 Å². The van der Waals surface area contributed by atoms with Crippen LogP contribution in [0.5, 0.6) is 5.75 Å². The second-order valence-electron chi connectivity index (χ2n) is 7.24. The van der Waals surface area contributed by atoms with Gasteiger partial charge in [-0.05, 0) is 54.3 Å². The Morgan fingerprint density at radius 3 is 2.59 bits per heavy atom. The van der Waals surface area contributed by atoms with Gasteiger partial charge in [-0.3, -0.25) is 4.79 Å². The van der Waals surface area contributed by atoms with Gasteiger partial charge in [0, 0.05) is 5.56 Å². The molecule has 0 aliphatic carbocycles. The van der Waals surface area contributed by atoms with Crippen molar-refractivity contribution in [3.63, 3.8) is 0 Å². The molecule has 0 aliphatic heterocycles. The summed E-state index contributed by atoms with van der Waals surface area (Å²) < 4.78 is 49.5. The van der Waals surface area contributed by atoms with Crippen LogP contribution >= 0.6 is 0 Å². The number of alkyl halides is 3. The van der Waals surface area contributed by atoms with Crippen LogP contribution in [0.3, 0.4) is 0 Å². The number of furan rings is 1. The lowest BCUT2D eigenvalue weighted by molar-refractivity contribution is -0.137. The van der Waals surface area contributed by atoms with E-state index in [4.69, 9.17) is 9.15 Å². The summed E-state index contributed by atoms with van der Waals surface area (Å²) >= 11 is 0. The second kappa shape index (κ2) is 10.2. The van der Waals surface area contributed by atoms with Crippen molar-refractivity contribution < 1.29 is 27.1 Å². The van der Waals surface area contributed by atoms with Crippen molar-refractivity contribution in [1.29, 1.82) is 0 Å². The minimum atomic E-state index is -4.44. The first-order valence-electron chi connectivity index (χ1n) is 10.1. The molecule has 32 heavy (non-hydrogen) atoms. The SMILES string of the molecule is CC[C@@H](C)c1ccc(OCC(=O)N/N=C\c2ccc(-c3cccc(C(F)(F)F)c3)o2)cc1. The van der Waals surface area contributed by atoms with Gasteiger partial charge in [-0.2, -0.15) is 18.3 Å². The molecular weight excluding hydrogens is 421 g/mol. The number of nitrogens with one attached hydrogen (secondary N) is 1. The van der Waals surface area contributed by atoms with E-state index in [2.05, 4.69) is 24.4 Å². The van der Waals surface area contributed by atoms with E-state index in [-0.39, 0.29) is 23.7 Å². The summed E-state index contributed by atoms with van der Waals surface area (Å²) in [5.74, 6) is 1.11. The second-order valence-corrected chi connectivity index (χ2v) is 7.24. The van der Waals surface area contributed by atoms with Gasteiger partial charge in [0.1, 0.15) is 17.3 Å². The van der Waals surface area contributed by atoms with E-state index < -0.39 is 17.6 Å². The number of ether oxygens (including phenoxy) is 1. The van der Waals surface area contributed by atoms with E-state index in [0.717, 1.165) is 18.6 Å². The maximum Gasteiger partial charge on any atom is 0.416 e. The van der Waals surface area contributed by atoms with E-state index in [1.54, 1.807) is 6.07 Å². The average molecular weight is 444 g/mol. The fraction of sp³-hybridized carbons (Fsp3) is 0.250. The fourth-order valence-electron chi connectivity index (χ4n) is 2.90. The third-order valence-corrected chi connectivity index (χ3v) is 4.91. The highest BCUT2D eigenvalue weighted by atomic mass is 19.4. The molecule has 0 spiro atoms. The molecule has 0 fully saturated rings. The Labute approximate surface area is 183 Å². The zero-order chi connectivity index (χ0) is 23.1. The van der Waals surface area contributed by atoms with Gasteiger partial charge in [-0.25, -0.2) is 5.43 Å². The maximum atomic E-state index is 12.9. The molecule has 0 bridgehead atoms. The lowest BCUT2D eigenvalue weighted by atomic mass is 9.99. The maximum absolute atomic E-state index is 12.9. The number of hydrazone groups is 1. The van der Waals surface area contributed by atoms with E-state index in [0.29, 0.717) is 11.7 Å². The summed E-state index contributed by atoms with van der Waals surface area (Å²) in [5.41, 5.74) is 3.05. The van der Waals surface area contributed by atoms with E-state index in [9.17, 15) is 18.0 Å². The molecule has 5 nitrogen and oxygen atoms in total. The highest BCUT2D eigenvalue weighted by molar-refractivity contribution is 5.81. The number of benzene rings is 2. The molecule has 0 saturated heterocycles. The van der Waals surface area contributed by atoms with Gasteiger partial charge in [-0.15, -0.1) is 0 Å². The molecular formula is C24H23F3N2O3. The Hall–Kier alpha value is -3.55. The largest absolute Gasteiger partial charge is 0.484 e. The van der Waals surface area contributed by atoms with Crippen LogP contribution in [-0.4, -0.2) is 18.7 Å². The summed E-state index contributed by atoms with van der Waals surface area (Å²) in [5, 5.41) is 3.79. The van der Waals surface area contributed by atoms with Crippen LogP contribution in [0.4, 0.5) is 13.2 Å². The monoisotopic (exact) mass is 444 g/mol. The smallest absolute Gasteiger partial charge is 0.416 e. The minimum absolute atomic E-state index is 0.215. The predicted molar refractivity (Wildman–Crippen MR) is 116 cm³/mol. The number of rotatable bonds is 8. The standard InChI is InChI=1S/C24H23F3N2O3/c1-3-16(2)17-7-9-20(10-8-17)31-15-23(30)29-28-14-21-11-12-22(32-21)18-5-4-6-19(13-18)24(25,26)27/h4-14,16H,3,15H2,1-2H3,(H,29,30)/b28-14-/t16-/m1/s1. The van der Waals surface area contributed by atoms with Crippen molar-refractivity contribution in [3.8, 4) is 17.1 Å². The molecule has 0 radical (unpaired) electrons. The molecule has 2 aromatic carbocycles. The normalized spacial score (nSPS) is 12.7. The number of hydrogen-bond acceptors (Lipinski definition) is 4. The number of hydrogen-bond donors (Lipinski definition) is 1. The van der Waals surface area contributed by atoms with Gasteiger partial charge in [0.05, 0.1) is 11.8 Å². The van der Waals surface area contributed by atoms with Crippen molar-refractivity contribution in [2.45, 2.75) is 32.4 Å². The minimum Gasteiger partial charge on any atom is -0.484 e. The number of carbonyl (C=O) groups excluding carboxylic acids is 1. The zero-order valence-corrected chi connectivity index (χ0v) is 17.6. The van der Waals surface area contributed by atoms with Gasteiger partial charge in [0.2, 0.25) is 0 Å². The fourth-order valence-corrected chi connectivity index (χ4v) is 2.90. The lowest BCUT2D eigenvalue weighted by Crippen LogP contribution is -2.24. The predicted octanol–water partition coefficient (Wildman–Crippen LogP) is 6.01. The van der Waals surface area contributed by atoms with Crippen molar-refractivity contribution in [2.75, 3.05) is 6.61 Å². The third kappa shape index (κ3) is 6.23. The molecule has 0 aliphatic rings. The topological polar surface area (TPSA) is 63.8 Å². The van der Waals surface area contributed by atoms with Crippen molar-refractivity contribution in [1.82, 2.24) is 5.43 Å². The molecule has 1 amide bonds. The molecule has 1 aromatic heterocycles. The number of carbonyl (C=O) groups is 1.